The van der Waals surface area contributed by atoms with Gasteiger partial charge in [0.2, 0.25) is 5.91 Å². The number of piperidine rings is 1. The molecule has 1 atom stereocenters. The molecule has 1 fully saturated rings. The first-order valence-electron chi connectivity index (χ1n) is 7.28. The monoisotopic (exact) mass is 325 g/mol. The third kappa shape index (κ3) is 5.14. The molecule has 1 aromatic carbocycles. The molecule has 1 aliphatic heterocycles. The van der Waals surface area contributed by atoms with Gasteiger partial charge in [-0.3, -0.25) is 4.79 Å². The number of hydrogen-bond donors (Lipinski definition) is 3. The Morgan fingerprint density at radius 2 is 2.09 bits per heavy atom. The van der Waals surface area contributed by atoms with Gasteiger partial charge in [-0.15, -0.1) is 0 Å². The van der Waals surface area contributed by atoms with E-state index in [0.29, 0.717) is 24.2 Å². The first-order chi connectivity index (χ1) is 10.9. The topological polar surface area (TPSA) is 105 Å². The van der Waals surface area contributed by atoms with Gasteiger partial charge in [-0.1, -0.05) is 6.07 Å². The molecule has 0 unspecified atom stereocenters. The number of aliphatic hydroxyl groups is 1. The second-order valence-corrected chi connectivity index (χ2v) is 5.11. The summed E-state index contributed by atoms with van der Waals surface area (Å²) in [6, 6.07) is 3.05. The van der Waals surface area contributed by atoms with Gasteiger partial charge in [0, 0.05) is 6.42 Å². The third-order valence-corrected chi connectivity index (χ3v) is 3.54. The number of methoxy groups -OCH3 is 2. The Labute approximate surface area is 135 Å². The Morgan fingerprint density at radius 3 is 2.61 bits per heavy atom. The molecule has 0 aromatic heterocycles. The molecule has 1 heterocycles. The summed E-state index contributed by atoms with van der Waals surface area (Å²) in [7, 11) is 2.83. The molecule has 1 amide bonds. The van der Waals surface area contributed by atoms with E-state index in [4.69, 9.17) is 9.84 Å². The van der Waals surface area contributed by atoms with Crippen molar-refractivity contribution < 1.29 is 29.3 Å². The van der Waals surface area contributed by atoms with E-state index in [9.17, 15) is 14.7 Å². The lowest BCUT2D eigenvalue weighted by Crippen LogP contribution is -2.44. The molecule has 2 rings (SSSR count). The standard InChI is InChI=1S/C9H12O3.C7H11NO3/c1-6-3-4-8(12-2)7(5-10)9(6)11;1-11-7(10)5-3-2-4-6(9)8-5/h3-4,10-11H,5H2,1-2H3;5H,2-4H2,1H3,(H,8,9)/t;5-/m.0/s1. The average Bonchev–Trinajstić information content (AvgIpc) is 2.57. The number of carbonyl (C=O) groups excluding carboxylic acids is 2. The van der Waals surface area contributed by atoms with E-state index in [1.165, 1.54) is 14.2 Å². The summed E-state index contributed by atoms with van der Waals surface area (Å²) in [5.41, 5.74) is 1.18. The third-order valence-electron chi connectivity index (χ3n) is 3.54. The van der Waals surface area contributed by atoms with Crippen LogP contribution < -0.4 is 10.1 Å². The first kappa shape index (κ1) is 18.8. The highest BCUT2D eigenvalue weighted by Crippen LogP contribution is 2.30. The van der Waals surface area contributed by atoms with Crippen LogP contribution in [0.5, 0.6) is 11.5 Å². The van der Waals surface area contributed by atoms with Crippen molar-refractivity contribution in [2.24, 2.45) is 0 Å². The van der Waals surface area contributed by atoms with Crippen LogP contribution in [0.15, 0.2) is 12.1 Å². The van der Waals surface area contributed by atoms with Crippen molar-refractivity contribution in [2.45, 2.75) is 38.8 Å². The van der Waals surface area contributed by atoms with Crippen molar-refractivity contribution in [3.05, 3.63) is 23.3 Å². The fraction of sp³-hybridized carbons (Fsp3) is 0.500. The van der Waals surface area contributed by atoms with Gasteiger partial charge in [-0.25, -0.2) is 4.79 Å². The molecule has 0 radical (unpaired) electrons. The molecular weight excluding hydrogens is 302 g/mol. The number of amides is 1. The van der Waals surface area contributed by atoms with Crippen molar-refractivity contribution >= 4 is 11.9 Å². The molecular formula is C16H23NO6. The molecule has 0 saturated carbocycles. The number of aryl methyl sites for hydroxylation is 1. The molecule has 0 spiro atoms. The zero-order valence-corrected chi connectivity index (χ0v) is 13.6. The lowest BCUT2D eigenvalue weighted by Gasteiger charge is -2.20. The van der Waals surface area contributed by atoms with Crippen LogP contribution in [0.2, 0.25) is 0 Å². The number of nitrogens with one attached hydrogen (secondary N) is 1. The number of benzene rings is 1. The predicted molar refractivity (Wildman–Crippen MR) is 83.1 cm³/mol. The molecule has 1 aromatic rings. The molecule has 7 heteroatoms. The zero-order chi connectivity index (χ0) is 17.4. The molecule has 1 aliphatic rings. The second kappa shape index (κ2) is 8.99. The van der Waals surface area contributed by atoms with Crippen molar-refractivity contribution in [3.8, 4) is 11.5 Å². The SMILES string of the molecule is COC(=O)[C@@H]1CCCC(=O)N1.COc1ccc(C)c(O)c1CO. The van der Waals surface area contributed by atoms with Gasteiger partial charge in [-0.2, -0.15) is 0 Å². The number of esters is 1. The summed E-state index contributed by atoms with van der Waals surface area (Å²) in [6.45, 7) is 1.56. The number of phenols is 1. The largest absolute Gasteiger partial charge is 0.507 e. The summed E-state index contributed by atoms with van der Waals surface area (Å²) in [6.07, 6.45) is 1.98. The van der Waals surface area contributed by atoms with Crippen LogP contribution in [0.1, 0.15) is 30.4 Å². The van der Waals surface area contributed by atoms with Crippen LogP contribution in [0.4, 0.5) is 0 Å². The second-order valence-electron chi connectivity index (χ2n) is 5.11. The number of rotatable bonds is 3. The molecule has 1 saturated heterocycles. The maximum Gasteiger partial charge on any atom is 0.328 e. The highest BCUT2D eigenvalue weighted by molar-refractivity contribution is 5.85. The van der Waals surface area contributed by atoms with Crippen molar-refractivity contribution in [1.82, 2.24) is 5.32 Å². The number of ether oxygens (including phenoxy) is 2. The fourth-order valence-corrected chi connectivity index (χ4v) is 2.20. The highest BCUT2D eigenvalue weighted by Gasteiger charge is 2.24. The van der Waals surface area contributed by atoms with Crippen molar-refractivity contribution in [1.29, 1.82) is 0 Å². The highest BCUT2D eigenvalue weighted by atomic mass is 16.5. The Hall–Kier alpha value is -2.28. The van der Waals surface area contributed by atoms with Gasteiger partial charge in [0.05, 0.1) is 26.4 Å². The lowest BCUT2D eigenvalue weighted by atomic mass is 10.1. The maximum absolute atomic E-state index is 10.9. The van der Waals surface area contributed by atoms with Gasteiger partial charge >= 0.3 is 5.97 Å². The smallest absolute Gasteiger partial charge is 0.328 e. The number of carbonyl (C=O) groups is 2. The molecule has 0 aliphatic carbocycles. The van der Waals surface area contributed by atoms with E-state index < -0.39 is 6.04 Å². The van der Waals surface area contributed by atoms with Crippen molar-refractivity contribution in [3.63, 3.8) is 0 Å². The zero-order valence-electron chi connectivity index (χ0n) is 13.6. The van der Waals surface area contributed by atoms with Crippen LogP contribution in [0.3, 0.4) is 0 Å². The van der Waals surface area contributed by atoms with Gasteiger partial charge in [0.25, 0.3) is 0 Å². The summed E-state index contributed by atoms with van der Waals surface area (Å²) in [5.74, 6) is 0.210. The van der Waals surface area contributed by atoms with Gasteiger partial charge in [0.15, 0.2) is 0 Å². The average molecular weight is 325 g/mol. The fourth-order valence-electron chi connectivity index (χ4n) is 2.20. The van der Waals surface area contributed by atoms with Crippen LogP contribution in [-0.4, -0.2) is 42.4 Å². The summed E-state index contributed by atoms with van der Waals surface area (Å²) in [4.78, 5) is 21.7. The van der Waals surface area contributed by atoms with Gasteiger partial charge in [-0.05, 0) is 31.4 Å². The number of aliphatic hydroxyl groups excluding tert-OH is 1. The predicted octanol–water partition coefficient (Wildman–Crippen LogP) is 1.03. The summed E-state index contributed by atoms with van der Waals surface area (Å²) < 4.78 is 9.44. The Bertz CT molecular complexity index is 558. The quantitative estimate of drug-likeness (QED) is 0.717. The van der Waals surface area contributed by atoms with E-state index >= 15 is 0 Å². The van der Waals surface area contributed by atoms with E-state index in [1.807, 2.05) is 0 Å². The van der Waals surface area contributed by atoms with E-state index in [2.05, 4.69) is 10.1 Å². The summed E-state index contributed by atoms with van der Waals surface area (Å²) in [5, 5.41) is 20.9. The van der Waals surface area contributed by atoms with Crippen LogP contribution in [0, 0.1) is 6.92 Å². The molecule has 23 heavy (non-hydrogen) atoms. The Balaban J connectivity index is 0.000000231. The lowest BCUT2D eigenvalue weighted by molar-refractivity contribution is -0.146. The Kier molecular flexibility index (Phi) is 7.34. The molecule has 128 valence electrons. The van der Waals surface area contributed by atoms with E-state index in [0.717, 1.165) is 12.0 Å². The molecule has 7 nitrogen and oxygen atoms in total. The maximum atomic E-state index is 10.9. The van der Waals surface area contributed by atoms with Gasteiger partial charge < -0.3 is 25.0 Å². The first-order valence-corrected chi connectivity index (χ1v) is 7.28. The Morgan fingerprint density at radius 1 is 1.39 bits per heavy atom. The van der Waals surface area contributed by atoms with Gasteiger partial charge in [0.1, 0.15) is 17.5 Å². The van der Waals surface area contributed by atoms with Crippen LogP contribution in [-0.2, 0) is 20.9 Å². The van der Waals surface area contributed by atoms with E-state index in [-0.39, 0.29) is 24.2 Å². The molecule has 0 bridgehead atoms. The van der Waals surface area contributed by atoms with Crippen LogP contribution in [0.25, 0.3) is 0 Å². The van der Waals surface area contributed by atoms with E-state index in [1.54, 1.807) is 19.1 Å². The number of aromatic hydroxyl groups is 1. The van der Waals surface area contributed by atoms with Crippen molar-refractivity contribution in [2.75, 3.05) is 14.2 Å². The minimum Gasteiger partial charge on any atom is -0.507 e. The van der Waals surface area contributed by atoms with Crippen LogP contribution >= 0.6 is 0 Å². The minimum absolute atomic E-state index is 0.0633. The normalized spacial score (nSPS) is 16.7. The summed E-state index contributed by atoms with van der Waals surface area (Å²) >= 11 is 0. The minimum atomic E-state index is -0.416. The number of hydrogen-bond acceptors (Lipinski definition) is 6. The molecule has 3 N–H and O–H groups in total.